The quantitative estimate of drug-likeness (QED) is 0.673. The molecule has 1 aromatic carbocycles. The fourth-order valence-corrected chi connectivity index (χ4v) is 4.11. The second-order valence-electron chi connectivity index (χ2n) is 7.66. The summed E-state index contributed by atoms with van der Waals surface area (Å²) in [7, 11) is 0. The van der Waals surface area contributed by atoms with E-state index in [9.17, 15) is 14.4 Å². The third-order valence-corrected chi connectivity index (χ3v) is 5.65. The summed E-state index contributed by atoms with van der Waals surface area (Å²) in [6.07, 6.45) is 2.25. The molecule has 0 bridgehead atoms. The van der Waals surface area contributed by atoms with Gasteiger partial charge in [0.15, 0.2) is 18.8 Å². The highest BCUT2D eigenvalue weighted by atomic mass is 16.3. The predicted octanol–water partition coefficient (Wildman–Crippen LogP) is 2.48. The van der Waals surface area contributed by atoms with Gasteiger partial charge in [-0.2, -0.15) is 19.4 Å². The summed E-state index contributed by atoms with van der Waals surface area (Å²) in [5.41, 5.74) is 2.72. The third kappa shape index (κ3) is 3.81. The number of amides is 4. The van der Waals surface area contributed by atoms with Gasteiger partial charge in [-0.25, -0.2) is 4.79 Å². The number of anilines is 1. The predicted molar refractivity (Wildman–Crippen MR) is 119 cm³/mol. The molecule has 2 aliphatic rings. The Hall–Kier alpha value is -3.75. The zero-order chi connectivity index (χ0) is 22.8. The minimum Gasteiger partial charge on any atom is -0.465 e. The van der Waals surface area contributed by atoms with Crippen LogP contribution in [-0.2, 0) is 22.6 Å². The standard InChI is InChI=1S/C23H25N5O4/c1-4-16-9-6-7-11-18(16)24-19(29)14-26-20-15(3)25-28(5-2)21(20)22(30)27(23(26)31)13-17-10-8-12-32-17/h6-12,21H,4-5,13-14H2,1-3H3/p+1. The van der Waals surface area contributed by atoms with E-state index in [-0.39, 0.29) is 24.9 Å². The maximum atomic E-state index is 13.4. The number of imide groups is 1. The Labute approximate surface area is 186 Å². The average molecular weight is 436 g/mol. The van der Waals surface area contributed by atoms with E-state index in [0.717, 1.165) is 16.9 Å². The third-order valence-electron chi connectivity index (χ3n) is 5.65. The highest BCUT2D eigenvalue weighted by Gasteiger charge is 2.54. The molecule has 0 radical (unpaired) electrons. The molecule has 1 atom stereocenters. The number of hydrogen-bond donors (Lipinski definition) is 1. The van der Waals surface area contributed by atoms with E-state index in [4.69, 9.17) is 4.42 Å². The van der Waals surface area contributed by atoms with Gasteiger partial charge in [-0.1, -0.05) is 25.1 Å². The summed E-state index contributed by atoms with van der Waals surface area (Å²) in [6, 6.07) is 9.63. The number of nitrogens with zero attached hydrogens (tertiary/aromatic N) is 4. The van der Waals surface area contributed by atoms with Crippen molar-refractivity contribution in [3.63, 3.8) is 0 Å². The summed E-state index contributed by atoms with van der Waals surface area (Å²) in [6.45, 7) is 5.90. The molecule has 0 saturated heterocycles. The van der Waals surface area contributed by atoms with E-state index in [1.54, 1.807) is 24.1 Å². The number of carbonyl (C=O) groups is 3. The van der Waals surface area contributed by atoms with Crippen LogP contribution in [0.4, 0.5) is 10.5 Å². The fourth-order valence-electron chi connectivity index (χ4n) is 4.11. The van der Waals surface area contributed by atoms with Crippen LogP contribution in [0.3, 0.4) is 0 Å². The molecule has 1 unspecified atom stereocenters. The highest BCUT2D eigenvalue weighted by Crippen LogP contribution is 2.23. The molecule has 0 fully saturated rings. The molecule has 0 aliphatic carbocycles. The smallest absolute Gasteiger partial charge is 0.465 e. The Balaban J connectivity index is 1.67. The number of rotatable bonds is 7. The van der Waals surface area contributed by atoms with Crippen LogP contribution in [-0.4, -0.2) is 62.9 Å². The van der Waals surface area contributed by atoms with Gasteiger partial charge in [0.1, 0.15) is 11.5 Å². The SMILES string of the molecule is CCc1ccccc1NC(=O)C[N+]1=C2C(C)=NN(CC)C2C(=O)N(Cc2ccco2)C1=O. The number of nitrogens with one attached hydrogen (secondary N) is 1. The van der Waals surface area contributed by atoms with Gasteiger partial charge in [0.25, 0.3) is 5.91 Å². The lowest BCUT2D eigenvalue weighted by Crippen LogP contribution is -2.61. The number of carbonyl (C=O) groups excluding carboxylic acids is 3. The van der Waals surface area contributed by atoms with Crippen molar-refractivity contribution in [1.82, 2.24) is 9.91 Å². The number of hydrogen-bond acceptors (Lipinski definition) is 6. The number of urea groups is 1. The molecule has 9 nitrogen and oxygen atoms in total. The van der Waals surface area contributed by atoms with Gasteiger partial charge in [-0.05, 0) is 44.0 Å². The normalized spacial score (nSPS) is 18.2. The monoisotopic (exact) mass is 436 g/mol. The van der Waals surface area contributed by atoms with Crippen molar-refractivity contribution in [3.8, 4) is 0 Å². The van der Waals surface area contributed by atoms with Crippen molar-refractivity contribution in [3.05, 3.63) is 54.0 Å². The number of fused-ring (bicyclic) bond motifs is 1. The summed E-state index contributed by atoms with van der Waals surface area (Å²) >= 11 is 0. The van der Waals surface area contributed by atoms with Crippen LogP contribution in [0.1, 0.15) is 32.1 Å². The zero-order valence-corrected chi connectivity index (χ0v) is 18.4. The summed E-state index contributed by atoms with van der Waals surface area (Å²) in [5, 5.41) is 9.00. The Kier molecular flexibility index (Phi) is 5.89. The second kappa shape index (κ2) is 8.78. The van der Waals surface area contributed by atoms with Crippen LogP contribution in [0.25, 0.3) is 0 Å². The average Bonchev–Trinajstić information content (AvgIpc) is 3.42. The Morgan fingerprint density at radius 2 is 1.97 bits per heavy atom. The van der Waals surface area contributed by atoms with Crippen molar-refractivity contribution in [2.24, 2.45) is 5.10 Å². The lowest BCUT2D eigenvalue weighted by atomic mass is 10.0. The zero-order valence-electron chi connectivity index (χ0n) is 18.4. The molecular formula is C23H26N5O4+. The topological polar surface area (TPSA) is 98.2 Å². The lowest BCUT2D eigenvalue weighted by molar-refractivity contribution is -0.427. The molecule has 32 heavy (non-hydrogen) atoms. The van der Waals surface area contributed by atoms with Crippen LogP contribution in [0.2, 0.25) is 0 Å². The van der Waals surface area contributed by atoms with Crippen molar-refractivity contribution in [1.29, 1.82) is 0 Å². The van der Waals surface area contributed by atoms with Gasteiger partial charge in [0.2, 0.25) is 6.04 Å². The van der Waals surface area contributed by atoms with Crippen LogP contribution < -0.4 is 5.32 Å². The van der Waals surface area contributed by atoms with Gasteiger partial charge in [0.05, 0.1) is 6.26 Å². The number of likely N-dealkylation sites (N-methyl/N-ethyl adjacent to an activating group) is 1. The van der Waals surface area contributed by atoms with E-state index < -0.39 is 12.1 Å². The number of hydrazone groups is 1. The fraction of sp³-hybridized carbons (Fsp3) is 0.348. The first kappa shape index (κ1) is 21.5. The molecule has 0 spiro atoms. The van der Waals surface area contributed by atoms with Crippen molar-refractivity contribution >= 4 is 35.0 Å². The number of aryl methyl sites for hydroxylation is 1. The first-order valence-electron chi connectivity index (χ1n) is 10.7. The van der Waals surface area contributed by atoms with Gasteiger partial charge in [-0.3, -0.25) is 9.80 Å². The molecule has 1 aromatic heterocycles. The van der Waals surface area contributed by atoms with E-state index in [1.807, 2.05) is 38.1 Å². The Morgan fingerprint density at radius 3 is 2.66 bits per heavy atom. The van der Waals surface area contributed by atoms with E-state index >= 15 is 0 Å². The van der Waals surface area contributed by atoms with E-state index in [1.165, 1.54) is 10.8 Å². The minimum absolute atomic E-state index is 0.0121. The maximum Gasteiger partial charge on any atom is 0.501 e. The lowest BCUT2D eigenvalue weighted by Gasteiger charge is -2.28. The van der Waals surface area contributed by atoms with Crippen LogP contribution in [0, 0.1) is 0 Å². The van der Waals surface area contributed by atoms with Crippen LogP contribution in [0.15, 0.2) is 52.2 Å². The van der Waals surface area contributed by atoms with E-state index in [2.05, 4.69) is 10.4 Å². The molecule has 4 amide bonds. The molecule has 166 valence electrons. The minimum atomic E-state index is -0.747. The largest absolute Gasteiger partial charge is 0.501 e. The summed E-state index contributed by atoms with van der Waals surface area (Å²) < 4.78 is 6.70. The maximum absolute atomic E-state index is 13.4. The number of para-hydroxylation sites is 1. The van der Waals surface area contributed by atoms with Gasteiger partial charge >= 0.3 is 11.9 Å². The van der Waals surface area contributed by atoms with Gasteiger partial charge < -0.3 is 9.73 Å². The number of benzene rings is 1. The Bertz CT molecular complexity index is 1120. The Morgan fingerprint density at radius 1 is 1.19 bits per heavy atom. The molecule has 2 aliphatic heterocycles. The first-order chi connectivity index (χ1) is 15.4. The summed E-state index contributed by atoms with van der Waals surface area (Å²) in [4.78, 5) is 40.7. The van der Waals surface area contributed by atoms with Crippen LogP contribution in [0.5, 0.6) is 0 Å². The first-order valence-corrected chi connectivity index (χ1v) is 10.7. The molecule has 2 aromatic rings. The molecule has 1 N–H and O–H groups in total. The molecule has 9 heteroatoms. The molecule has 0 saturated carbocycles. The van der Waals surface area contributed by atoms with Crippen molar-refractivity contribution < 1.29 is 23.4 Å². The van der Waals surface area contributed by atoms with Gasteiger partial charge in [0, 0.05) is 12.2 Å². The van der Waals surface area contributed by atoms with E-state index in [0.29, 0.717) is 29.4 Å². The molecule has 3 heterocycles. The van der Waals surface area contributed by atoms with Crippen molar-refractivity contribution in [2.75, 3.05) is 18.4 Å². The summed E-state index contributed by atoms with van der Waals surface area (Å²) in [5.74, 6) is -0.243. The molecule has 4 rings (SSSR count). The second-order valence-corrected chi connectivity index (χ2v) is 7.66. The van der Waals surface area contributed by atoms with Crippen LogP contribution >= 0.6 is 0 Å². The number of furan rings is 1. The van der Waals surface area contributed by atoms with Gasteiger partial charge in [-0.15, -0.1) is 0 Å². The van der Waals surface area contributed by atoms with Crippen molar-refractivity contribution in [2.45, 2.75) is 39.8 Å². The highest BCUT2D eigenvalue weighted by molar-refractivity contribution is 6.48. The molecular weight excluding hydrogens is 410 g/mol.